The molecule has 0 heterocycles. The van der Waals surface area contributed by atoms with Crippen molar-refractivity contribution in [1.29, 1.82) is 0 Å². The van der Waals surface area contributed by atoms with Gasteiger partial charge in [0.2, 0.25) is 0 Å². The van der Waals surface area contributed by atoms with Crippen LogP contribution < -0.4 is 11.1 Å². The summed E-state index contributed by atoms with van der Waals surface area (Å²) < 4.78 is 15.8. The summed E-state index contributed by atoms with van der Waals surface area (Å²) >= 11 is 0. The molecule has 0 aliphatic carbocycles. The van der Waals surface area contributed by atoms with Crippen LogP contribution in [0.2, 0.25) is 0 Å². The third kappa shape index (κ3) is 3.23. The first-order valence-corrected chi connectivity index (χ1v) is 6.73. The maximum Gasteiger partial charge on any atom is 0.349 e. The Bertz CT molecular complexity index is 487. The Morgan fingerprint density at radius 2 is 2.00 bits per heavy atom. The maximum absolute atomic E-state index is 12.1. The molecule has 1 unspecified atom stereocenters. The molecule has 0 saturated carbocycles. The third-order valence-corrected chi connectivity index (χ3v) is 3.56. The molecule has 0 aromatic heterocycles. The fourth-order valence-electron chi connectivity index (χ4n) is 1.11. The fourth-order valence-corrected chi connectivity index (χ4v) is 2.24. The van der Waals surface area contributed by atoms with Gasteiger partial charge in [0.15, 0.2) is 0 Å². The molecule has 1 aromatic rings. The van der Waals surface area contributed by atoms with E-state index in [0.717, 1.165) is 0 Å². The van der Waals surface area contributed by atoms with E-state index in [1.807, 2.05) is 0 Å². The molecule has 0 saturated heterocycles. The van der Waals surface area contributed by atoms with E-state index in [1.54, 1.807) is 31.2 Å². The van der Waals surface area contributed by atoms with Crippen molar-refractivity contribution in [2.45, 2.75) is 11.8 Å². The second-order valence-electron chi connectivity index (χ2n) is 3.30. The highest BCUT2D eigenvalue weighted by Gasteiger charge is 2.08. The number of nitrogens with zero attached hydrogens (tertiary/aromatic N) is 1. The first kappa shape index (κ1) is 12.5. The fraction of sp³-hybridized carbons (Fsp3) is 0.300. The summed E-state index contributed by atoms with van der Waals surface area (Å²) in [4.78, 5) is 11.7. The van der Waals surface area contributed by atoms with Crippen LogP contribution >= 0.6 is 0 Å². The van der Waals surface area contributed by atoms with Gasteiger partial charge in [-0.05, 0) is 31.2 Å². The lowest BCUT2D eigenvalue weighted by atomic mass is 10.3. The molecule has 0 aliphatic rings. The number of nitrogens with one attached hydrogen (secondary N) is 1. The second kappa shape index (κ2) is 4.98. The van der Waals surface area contributed by atoms with E-state index in [1.165, 1.54) is 6.26 Å². The topological polar surface area (TPSA) is 84.5 Å². The minimum absolute atomic E-state index is 0.458. The quantitative estimate of drug-likeness (QED) is 0.769. The molecule has 88 valence electrons. The van der Waals surface area contributed by atoms with Crippen molar-refractivity contribution >= 4 is 21.4 Å². The van der Waals surface area contributed by atoms with Crippen LogP contribution in [0.5, 0.6) is 0 Å². The number of amides is 2. The Kier molecular flexibility index (Phi) is 3.89. The molecule has 0 bridgehead atoms. The van der Waals surface area contributed by atoms with Gasteiger partial charge in [-0.3, -0.25) is 0 Å². The monoisotopic (exact) mass is 241 g/mol. The minimum atomic E-state index is -2.69. The van der Waals surface area contributed by atoms with Crippen LogP contribution in [-0.2, 0) is 9.73 Å². The molecular weight excluding hydrogens is 226 g/mol. The zero-order valence-electron chi connectivity index (χ0n) is 9.27. The van der Waals surface area contributed by atoms with E-state index in [2.05, 4.69) is 9.68 Å². The highest BCUT2D eigenvalue weighted by atomic mass is 32.2. The average molecular weight is 241 g/mol. The van der Waals surface area contributed by atoms with Crippen LogP contribution in [0.15, 0.2) is 33.5 Å². The summed E-state index contributed by atoms with van der Waals surface area (Å²) in [5, 5.41) is 2.47. The predicted molar refractivity (Wildman–Crippen MR) is 64.7 cm³/mol. The van der Waals surface area contributed by atoms with Crippen LogP contribution in [0.3, 0.4) is 0 Å². The van der Waals surface area contributed by atoms with Crippen molar-refractivity contribution in [1.82, 2.24) is 5.32 Å². The van der Waals surface area contributed by atoms with Gasteiger partial charge in [-0.15, -0.1) is 4.36 Å². The van der Waals surface area contributed by atoms with Gasteiger partial charge in [0.25, 0.3) is 0 Å². The van der Waals surface area contributed by atoms with Gasteiger partial charge >= 0.3 is 6.03 Å². The molecule has 1 rings (SSSR count). The van der Waals surface area contributed by atoms with Gasteiger partial charge < -0.3 is 11.1 Å². The number of benzene rings is 1. The van der Waals surface area contributed by atoms with E-state index in [0.29, 0.717) is 17.1 Å². The van der Waals surface area contributed by atoms with Crippen LogP contribution in [-0.4, -0.2) is 23.0 Å². The first-order valence-electron chi connectivity index (χ1n) is 4.81. The molecule has 16 heavy (non-hydrogen) atoms. The zero-order valence-corrected chi connectivity index (χ0v) is 10.1. The summed E-state index contributed by atoms with van der Waals surface area (Å²) in [5.41, 5.74) is 6.10. The van der Waals surface area contributed by atoms with E-state index < -0.39 is 15.8 Å². The minimum Gasteiger partial charge on any atom is -0.399 e. The number of urea groups is 1. The second-order valence-corrected chi connectivity index (χ2v) is 5.56. The van der Waals surface area contributed by atoms with Crippen molar-refractivity contribution in [3.8, 4) is 0 Å². The maximum atomic E-state index is 12.1. The standard InChI is InChI=1S/C10H15N3O2S/c1-3-12-10(14)13-16(2,15)9-6-4-8(11)5-7-9/h4-7H,3,11H2,1-2H3,(H,12,14). The largest absolute Gasteiger partial charge is 0.399 e. The Morgan fingerprint density at radius 3 is 2.50 bits per heavy atom. The number of anilines is 1. The molecule has 5 nitrogen and oxygen atoms in total. The van der Waals surface area contributed by atoms with Gasteiger partial charge in [0, 0.05) is 23.4 Å². The Hall–Kier alpha value is -1.56. The van der Waals surface area contributed by atoms with Crippen molar-refractivity contribution < 1.29 is 9.00 Å². The predicted octanol–water partition coefficient (Wildman–Crippen LogP) is 1.46. The highest BCUT2D eigenvalue weighted by Crippen LogP contribution is 2.13. The molecule has 0 radical (unpaired) electrons. The lowest BCUT2D eigenvalue weighted by Crippen LogP contribution is -2.20. The zero-order chi connectivity index (χ0) is 12.2. The number of carbonyl (C=O) groups is 1. The summed E-state index contributed by atoms with van der Waals surface area (Å²) in [5.74, 6) is 0. The molecule has 3 N–H and O–H groups in total. The van der Waals surface area contributed by atoms with Crippen molar-refractivity contribution in [3.05, 3.63) is 24.3 Å². The number of hydrogen-bond acceptors (Lipinski definition) is 3. The number of hydrogen-bond donors (Lipinski definition) is 2. The van der Waals surface area contributed by atoms with Crippen LogP contribution in [0.25, 0.3) is 0 Å². The molecule has 1 atom stereocenters. The lowest BCUT2D eigenvalue weighted by molar-refractivity contribution is 0.250. The van der Waals surface area contributed by atoms with Gasteiger partial charge in [-0.2, -0.15) is 0 Å². The summed E-state index contributed by atoms with van der Waals surface area (Å²) in [6.45, 7) is 2.23. The smallest absolute Gasteiger partial charge is 0.349 e. The van der Waals surface area contributed by atoms with Crippen molar-refractivity contribution in [2.24, 2.45) is 4.36 Å². The van der Waals surface area contributed by atoms with Crippen molar-refractivity contribution in [3.63, 3.8) is 0 Å². The van der Waals surface area contributed by atoms with Crippen LogP contribution in [0, 0.1) is 0 Å². The number of nitrogen functional groups attached to an aromatic ring is 1. The van der Waals surface area contributed by atoms with E-state index in [9.17, 15) is 9.00 Å². The third-order valence-electron chi connectivity index (χ3n) is 1.90. The Labute approximate surface area is 95.2 Å². The Balaban J connectivity index is 3.06. The van der Waals surface area contributed by atoms with Crippen LogP contribution in [0.4, 0.5) is 10.5 Å². The van der Waals surface area contributed by atoms with E-state index in [-0.39, 0.29) is 0 Å². The molecule has 1 aromatic carbocycles. The van der Waals surface area contributed by atoms with Gasteiger partial charge in [0.1, 0.15) is 0 Å². The van der Waals surface area contributed by atoms with Crippen molar-refractivity contribution in [2.75, 3.05) is 18.5 Å². The van der Waals surface area contributed by atoms with E-state index in [4.69, 9.17) is 5.73 Å². The molecule has 0 fully saturated rings. The van der Waals surface area contributed by atoms with E-state index >= 15 is 0 Å². The van der Waals surface area contributed by atoms with Crippen LogP contribution in [0.1, 0.15) is 6.92 Å². The summed E-state index contributed by atoms with van der Waals surface area (Å²) in [7, 11) is -2.69. The number of rotatable bonds is 2. The lowest BCUT2D eigenvalue weighted by Gasteiger charge is -2.04. The SMILES string of the molecule is CCNC(=O)N=S(C)(=O)c1ccc(N)cc1. The number of carbonyl (C=O) groups excluding carboxylic acids is 1. The van der Waals surface area contributed by atoms with Gasteiger partial charge in [-0.1, -0.05) is 0 Å². The average Bonchev–Trinajstić information content (AvgIpc) is 2.17. The number of nitrogens with two attached hydrogens (primary N) is 1. The normalized spacial score (nSPS) is 13.9. The molecule has 2 amide bonds. The Morgan fingerprint density at radius 1 is 1.44 bits per heavy atom. The molecule has 6 heteroatoms. The summed E-state index contributed by atoms with van der Waals surface area (Å²) in [6.07, 6.45) is 1.42. The highest BCUT2D eigenvalue weighted by molar-refractivity contribution is 7.93. The van der Waals surface area contributed by atoms with Gasteiger partial charge in [-0.25, -0.2) is 9.00 Å². The molecule has 0 aliphatic heterocycles. The molecule has 0 spiro atoms. The van der Waals surface area contributed by atoms with Gasteiger partial charge in [0.05, 0.1) is 9.73 Å². The first-order chi connectivity index (χ1) is 7.45. The molecular formula is C10H15N3O2S. The summed E-state index contributed by atoms with van der Waals surface area (Å²) in [6, 6.07) is 5.92.